The van der Waals surface area contributed by atoms with Crippen LogP contribution in [0.25, 0.3) is 0 Å². The van der Waals surface area contributed by atoms with Gasteiger partial charge < -0.3 is 19.7 Å². The lowest BCUT2D eigenvalue weighted by atomic mass is 9.93. The smallest absolute Gasteiger partial charge is 0.169 e. The van der Waals surface area contributed by atoms with E-state index >= 15 is 0 Å². The van der Waals surface area contributed by atoms with Gasteiger partial charge >= 0.3 is 0 Å². The van der Waals surface area contributed by atoms with Crippen molar-refractivity contribution in [1.29, 1.82) is 0 Å². The van der Waals surface area contributed by atoms with Gasteiger partial charge in [0, 0.05) is 13.1 Å². The third-order valence-electron chi connectivity index (χ3n) is 4.75. The molecule has 0 unspecified atom stereocenters. The van der Waals surface area contributed by atoms with Gasteiger partial charge in [-0.3, -0.25) is 0 Å². The number of rotatable bonds is 7. The van der Waals surface area contributed by atoms with Gasteiger partial charge in [0.05, 0.1) is 20.3 Å². The van der Waals surface area contributed by atoms with Crippen LogP contribution in [0, 0.1) is 0 Å². The third kappa shape index (κ3) is 4.32. The molecular weight excluding hydrogens is 320 g/mol. The summed E-state index contributed by atoms with van der Waals surface area (Å²) >= 11 is 5.63. The minimum Gasteiger partial charge on any atom is -0.493 e. The van der Waals surface area contributed by atoms with Gasteiger partial charge in [0.2, 0.25) is 0 Å². The van der Waals surface area contributed by atoms with Gasteiger partial charge in [-0.05, 0) is 55.2 Å². The van der Waals surface area contributed by atoms with Crippen LogP contribution in [0.2, 0.25) is 0 Å². The van der Waals surface area contributed by atoms with Crippen molar-refractivity contribution in [3.63, 3.8) is 0 Å². The normalized spacial score (nSPS) is 16.5. The van der Waals surface area contributed by atoms with E-state index in [2.05, 4.69) is 36.2 Å². The number of nitrogens with zero attached hydrogens (tertiary/aromatic N) is 1. The highest BCUT2D eigenvalue weighted by atomic mass is 32.1. The van der Waals surface area contributed by atoms with Crippen molar-refractivity contribution in [3.05, 3.63) is 23.3 Å². The van der Waals surface area contributed by atoms with Gasteiger partial charge in [0.15, 0.2) is 16.6 Å². The number of thiocarbonyl (C=S) groups is 1. The molecule has 4 nitrogen and oxygen atoms in total. The summed E-state index contributed by atoms with van der Waals surface area (Å²) in [6.07, 6.45) is 5.97. The lowest BCUT2D eigenvalue weighted by Gasteiger charge is -2.37. The quantitative estimate of drug-likeness (QED) is 0.592. The molecule has 1 heterocycles. The van der Waals surface area contributed by atoms with Crippen LogP contribution in [0.15, 0.2) is 12.1 Å². The molecular formula is C19H30N2O2S. The summed E-state index contributed by atoms with van der Waals surface area (Å²) in [4.78, 5) is 2.28. The molecule has 0 spiro atoms. The maximum Gasteiger partial charge on any atom is 0.169 e. The molecule has 24 heavy (non-hydrogen) atoms. The molecule has 2 rings (SSSR count). The Bertz CT molecular complexity index is 563. The second kappa shape index (κ2) is 9.11. The van der Waals surface area contributed by atoms with Gasteiger partial charge in [-0.25, -0.2) is 0 Å². The van der Waals surface area contributed by atoms with Crippen LogP contribution >= 0.6 is 12.2 Å². The van der Waals surface area contributed by atoms with E-state index in [1.54, 1.807) is 14.2 Å². The number of hydrogen-bond donors (Lipinski definition) is 1. The van der Waals surface area contributed by atoms with Crippen LogP contribution in [0.4, 0.5) is 0 Å². The second-order valence-corrected chi connectivity index (χ2v) is 6.70. The zero-order valence-electron chi connectivity index (χ0n) is 15.4. The van der Waals surface area contributed by atoms with E-state index in [1.165, 1.54) is 36.8 Å². The minimum atomic E-state index is 0.240. The molecule has 1 aliphatic rings. The number of nitrogens with one attached hydrogen (secondary N) is 1. The molecule has 1 aromatic carbocycles. The van der Waals surface area contributed by atoms with Crippen LogP contribution in [-0.2, 0) is 6.42 Å². The fourth-order valence-electron chi connectivity index (χ4n) is 3.27. The van der Waals surface area contributed by atoms with Crippen molar-refractivity contribution in [2.24, 2.45) is 0 Å². The van der Waals surface area contributed by atoms with Crippen LogP contribution < -0.4 is 14.8 Å². The number of benzene rings is 1. The molecule has 0 fully saturated rings. The number of ether oxygens (including phenoxy) is 2. The zero-order chi connectivity index (χ0) is 17.5. The molecule has 0 saturated heterocycles. The molecule has 0 aromatic heterocycles. The predicted molar refractivity (Wildman–Crippen MR) is 103 cm³/mol. The summed E-state index contributed by atoms with van der Waals surface area (Å²) in [5.41, 5.74) is 2.59. The highest BCUT2D eigenvalue weighted by molar-refractivity contribution is 7.80. The predicted octanol–water partition coefficient (Wildman–Crippen LogP) is 4.08. The molecule has 1 atom stereocenters. The van der Waals surface area contributed by atoms with Gasteiger partial charge in [0.25, 0.3) is 0 Å². The van der Waals surface area contributed by atoms with Gasteiger partial charge in [-0.15, -0.1) is 0 Å². The largest absolute Gasteiger partial charge is 0.493 e. The van der Waals surface area contributed by atoms with Crippen molar-refractivity contribution < 1.29 is 9.47 Å². The maximum atomic E-state index is 5.63. The Morgan fingerprint density at radius 2 is 1.92 bits per heavy atom. The summed E-state index contributed by atoms with van der Waals surface area (Å²) in [7, 11) is 3.36. The van der Waals surface area contributed by atoms with Crippen LogP contribution in [0.5, 0.6) is 11.5 Å². The average Bonchev–Trinajstić information content (AvgIpc) is 2.60. The summed E-state index contributed by atoms with van der Waals surface area (Å²) in [6, 6.07) is 4.43. The molecule has 1 aromatic rings. The van der Waals surface area contributed by atoms with E-state index in [1.807, 2.05) is 0 Å². The van der Waals surface area contributed by atoms with Gasteiger partial charge in [-0.2, -0.15) is 0 Å². The van der Waals surface area contributed by atoms with Crippen LogP contribution in [-0.4, -0.2) is 37.3 Å². The summed E-state index contributed by atoms with van der Waals surface area (Å²) in [5.74, 6) is 1.58. The van der Waals surface area contributed by atoms with Gasteiger partial charge in [-0.1, -0.05) is 26.2 Å². The number of hydrogen-bond acceptors (Lipinski definition) is 3. The van der Waals surface area contributed by atoms with E-state index in [0.717, 1.165) is 36.1 Å². The molecule has 1 aliphatic heterocycles. The molecule has 134 valence electrons. The Morgan fingerprint density at radius 1 is 1.21 bits per heavy atom. The number of fused-ring (bicyclic) bond motifs is 1. The molecule has 0 bridgehead atoms. The summed E-state index contributed by atoms with van der Waals surface area (Å²) < 4.78 is 10.9. The third-order valence-corrected chi connectivity index (χ3v) is 5.13. The van der Waals surface area contributed by atoms with Crippen molar-refractivity contribution in [1.82, 2.24) is 10.2 Å². The van der Waals surface area contributed by atoms with Crippen molar-refractivity contribution in [3.8, 4) is 11.5 Å². The fourth-order valence-corrected chi connectivity index (χ4v) is 3.62. The van der Waals surface area contributed by atoms with Crippen molar-refractivity contribution in [2.45, 2.75) is 52.0 Å². The summed E-state index contributed by atoms with van der Waals surface area (Å²) in [6.45, 7) is 6.33. The standard InChI is InChI=1S/C19H30N2O2S/c1-5-6-7-8-10-20-19(24)21-11-9-15-12-17(22-3)18(23-4)13-16(15)14(21)2/h12-14H,5-11H2,1-4H3,(H,20,24)/t14-/m1/s1. The van der Waals surface area contributed by atoms with E-state index in [9.17, 15) is 0 Å². The lowest BCUT2D eigenvalue weighted by Crippen LogP contribution is -2.44. The molecule has 0 saturated carbocycles. The molecule has 0 radical (unpaired) electrons. The monoisotopic (exact) mass is 350 g/mol. The SMILES string of the molecule is CCCCCCNC(=S)N1CCc2cc(OC)c(OC)cc2[C@H]1C. The first-order chi connectivity index (χ1) is 11.6. The van der Waals surface area contributed by atoms with Crippen molar-refractivity contribution in [2.75, 3.05) is 27.3 Å². The van der Waals surface area contributed by atoms with Crippen LogP contribution in [0.3, 0.4) is 0 Å². The average molecular weight is 351 g/mol. The Morgan fingerprint density at radius 3 is 2.58 bits per heavy atom. The first-order valence-corrected chi connectivity index (χ1v) is 9.32. The Labute approximate surface area is 151 Å². The Hall–Kier alpha value is -1.49. The number of methoxy groups -OCH3 is 2. The molecule has 5 heteroatoms. The van der Waals surface area contributed by atoms with E-state index < -0.39 is 0 Å². The van der Waals surface area contributed by atoms with E-state index in [0.29, 0.717) is 0 Å². The topological polar surface area (TPSA) is 33.7 Å². The zero-order valence-corrected chi connectivity index (χ0v) is 16.2. The minimum absolute atomic E-state index is 0.240. The van der Waals surface area contributed by atoms with E-state index in [4.69, 9.17) is 21.7 Å². The van der Waals surface area contributed by atoms with Gasteiger partial charge in [0.1, 0.15) is 0 Å². The lowest BCUT2D eigenvalue weighted by molar-refractivity contribution is 0.308. The first-order valence-electron chi connectivity index (χ1n) is 8.91. The maximum absolute atomic E-state index is 5.63. The molecule has 1 N–H and O–H groups in total. The van der Waals surface area contributed by atoms with E-state index in [-0.39, 0.29) is 6.04 Å². The molecule has 0 amide bonds. The number of unbranched alkanes of at least 4 members (excludes halogenated alkanes) is 3. The second-order valence-electron chi connectivity index (χ2n) is 6.32. The fraction of sp³-hybridized carbons (Fsp3) is 0.632. The van der Waals surface area contributed by atoms with Crippen molar-refractivity contribution >= 4 is 17.3 Å². The van der Waals surface area contributed by atoms with Crippen LogP contribution in [0.1, 0.15) is 56.7 Å². The highest BCUT2D eigenvalue weighted by Crippen LogP contribution is 2.37. The first kappa shape index (κ1) is 18.8. The highest BCUT2D eigenvalue weighted by Gasteiger charge is 2.27. The Balaban J connectivity index is 2.03. The molecule has 0 aliphatic carbocycles. The Kier molecular flexibility index (Phi) is 7.16. The summed E-state index contributed by atoms with van der Waals surface area (Å²) in [5, 5.41) is 4.29.